The molecule has 0 spiro atoms. The zero-order chi connectivity index (χ0) is 14.0. The monoisotopic (exact) mass is 286 g/mol. The molecule has 1 aliphatic rings. The van der Waals surface area contributed by atoms with Crippen molar-refractivity contribution in [3.8, 4) is 0 Å². The van der Waals surface area contributed by atoms with E-state index in [9.17, 15) is 19.7 Å². The van der Waals surface area contributed by atoms with Gasteiger partial charge in [-0.3, -0.25) is 19.6 Å². The van der Waals surface area contributed by atoms with Crippen molar-refractivity contribution in [2.24, 2.45) is 0 Å². The van der Waals surface area contributed by atoms with E-state index in [1.807, 2.05) is 0 Å². The van der Waals surface area contributed by atoms with Crippen LogP contribution in [0.2, 0.25) is 0 Å². The summed E-state index contributed by atoms with van der Waals surface area (Å²) >= 11 is 1.35. The first-order chi connectivity index (χ1) is 8.99. The highest BCUT2D eigenvalue weighted by atomic mass is 32.2. The van der Waals surface area contributed by atoms with E-state index in [4.69, 9.17) is 5.11 Å². The topological polar surface area (TPSA) is 119 Å². The van der Waals surface area contributed by atoms with Gasteiger partial charge >= 0.3 is 11.7 Å². The standard InChI is InChI=1S/C9H10N4O5S/c14-8(12-5-19-4-7(12)9(15)16)3-11-2-6(1-10-11)13(17)18/h1-2,7H,3-5H2,(H,15,16)/t7-/m0/s1. The Bertz CT molecular complexity index is 530. The van der Waals surface area contributed by atoms with Crippen molar-refractivity contribution in [3.05, 3.63) is 22.5 Å². The molecule has 2 rings (SSSR count). The van der Waals surface area contributed by atoms with Crippen LogP contribution in [-0.4, -0.2) is 54.3 Å². The van der Waals surface area contributed by atoms with E-state index in [2.05, 4.69) is 5.10 Å². The lowest BCUT2D eigenvalue weighted by molar-refractivity contribution is -0.385. The van der Waals surface area contributed by atoms with Gasteiger partial charge in [-0.2, -0.15) is 5.10 Å². The number of aromatic nitrogens is 2. The van der Waals surface area contributed by atoms with Crippen LogP contribution in [-0.2, 0) is 16.1 Å². The summed E-state index contributed by atoms with van der Waals surface area (Å²) in [6.45, 7) is -0.210. The fourth-order valence-electron chi connectivity index (χ4n) is 1.66. The predicted octanol–water partition coefficient (Wildman–Crippen LogP) is -0.223. The molecule has 1 saturated heterocycles. The zero-order valence-electron chi connectivity index (χ0n) is 9.63. The molecule has 1 aromatic heterocycles. The highest BCUT2D eigenvalue weighted by Gasteiger charge is 2.34. The van der Waals surface area contributed by atoms with Gasteiger partial charge in [0.25, 0.3) is 0 Å². The van der Waals surface area contributed by atoms with Crippen molar-refractivity contribution < 1.29 is 19.6 Å². The first kappa shape index (κ1) is 13.3. The first-order valence-electron chi connectivity index (χ1n) is 5.26. The van der Waals surface area contributed by atoms with Crippen LogP contribution in [0, 0.1) is 10.1 Å². The maximum absolute atomic E-state index is 11.9. The molecule has 1 aliphatic heterocycles. The van der Waals surface area contributed by atoms with E-state index in [-0.39, 0.29) is 12.2 Å². The fraction of sp³-hybridized carbons (Fsp3) is 0.444. The van der Waals surface area contributed by atoms with Gasteiger partial charge in [-0.05, 0) is 0 Å². The van der Waals surface area contributed by atoms with Crippen LogP contribution in [0.5, 0.6) is 0 Å². The van der Waals surface area contributed by atoms with Crippen molar-refractivity contribution >= 4 is 29.3 Å². The molecule has 1 atom stereocenters. The van der Waals surface area contributed by atoms with Gasteiger partial charge in [-0.1, -0.05) is 0 Å². The molecular formula is C9H10N4O5S. The molecular weight excluding hydrogens is 276 g/mol. The van der Waals surface area contributed by atoms with Crippen LogP contribution in [0.3, 0.4) is 0 Å². The van der Waals surface area contributed by atoms with Crippen molar-refractivity contribution in [1.29, 1.82) is 0 Å². The minimum atomic E-state index is -1.05. The predicted molar refractivity (Wildman–Crippen MR) is 64.5 cm³/mol. The number of carboxylic acids is 1. The maximum Gasteiger partial charge on any atom is 0.327 e. The Morgan fingerprint density at radius 2 is 2.37 bits per heavy atom. The third kappa shape index (κ3) is 2.84. The van der Waals surface area contributed by atoms with Gasteiger partial charge < -0.3 is 10.0 Å². The van der Waals surface area contributed by atoms with Crippen LogP contribution in [0.15, 0.2) is 12.4 Å². The average molecular weight is 286 g/mol. The summed E-state index contributed by atoms with van der Waals surface area (Å²) in [7, 11) is 0. The Balaban J connectivity index is 2.04. The van der Waals surface area contributed by atoms with Crippen LogP contribution >= 0.6 is 11.8 Å². The van der Waals surface area contributed by atoms with Gasteiger partial charge in [0, 0.05) is 5.75 Å². The number of carboxylic acid groups (broad SMARTS) is 1. The molecule has 0 aliphatic carbocycles. The molecule has 1 aromatic rings. The van der Waals surface area contributed by atoms with E-state index < -0.39 is 22.8 Å². The van der Waals surface area contributed by atoms with Gasteiger partial charge in [0.2, 0.25) is 5.91 Å². The highest BCUT2D eigenvalue weighted by Crippen LogP contribution is 2.21. The number of carbonyl (C=O) groups excluding carboxylic acids is 1. The number of carbonyl (C=O) groups is 2. The van der Waals surface area contributed by atoms with Gasteiger partial charge in [-0.25, -0.2) is 4.79 Å². The number of nitrogens with zero attached hydrogens (tertiary/aromatic N) is 4. The summed E-state index contributed by atoms with van der Waals surface area (Å²) in [6, 6.07) is -0.844. The minimum absolute atomic E-state index is 0.210. The van der Waals surface area contributed by atoms with Gasteiger partial charge in [0.15, 0.2) is 0 Å². The van der Waals surface area contributed by atoms with Crippen LogP contribution in [0.4, 0.5) is 5.69 Å². The lowest BCUT2D eigenvalue weighted by Gasteiger charge is -2.20. The average Bonchev–Trinajstić information content (AvgIpc) is 2.96. The largest absolute Gasteiger partial charge is 0.480 e. The lowest BCUT2D eigenvalue weighted by Crippen LogP contribution is -2.43. The van der Waals surface area contributed by atoms with E-state index in [0.717, 1.165) is 17.1 Å². The van der Waals surface area contributed by atoms with Crippen molar-refractivity contribution in [2.75, 3.05) is 11.6 Å². The SMILES string of the molecule is O=C(O)[C@@H]1CSCN1C(=O)Cn1cc([N+](=O)[O-])cn1. The van der Waals surface area contributed by atoms with Crippen molar-refractivity contribution in [2.45, 2.75) is 12.6 Å². The number of nitro groups is 1. The maximum atomic E-state index is 11.9. The lowest BCUT2D eigenvalue weighted by atomic mass is 10.3. The molecule has 0 bridgehead atoms. The molecule has 1 fully saturated rings. The molecule has 1 N–H and O–H groups in total. The zero-order valence-corrected chi connectivity index (χ0v) is 10.4. The minimum Gasteiger partial charge on any atom is -0.480 e. The third-order valence-electron chi connectivity index (χ3n) is 2.62. The second kappa shape index (κ2) is 5.26. The Morgan fingerprint density at radius 3 is 2.95 bits per heavy atom. The van der Waals surface area contributed by atoms with Crippen LogP contribution < -0.4 is 0 Å². The molecule has 102 valence electrons. The van der Waals surface area contributed by atoms with Gasteiger partial charge in [0.1, 0.15) is 25.0 Å². The molecule has 19 heavy (non-hydrogen) atoms. The first-order valence-corrected chi connectivity index (χ1v) is 6.41. The second-order valence-electron chi connectivity index (χ2n) is 3.87. The second-order valence-corrected chi connectivity index (χ2v) is 4.87. The van der Waals surface area contributed by atoms with E-state index >= 15 is 0 Å². The Kier molecular flexibility index (Phi) is 3.69. The van der Waals surface area contributed by atoms with E-state index in [1.54, 1.807) is 0 Å². The Morgan fingerprint density at radius 1 is 1.63 bits per heavy atom. The van der Waals surface area contributed by atoms with Crippen LogP contribution in [0.25, 0.3) is 0 Å². The number of hydrogen-bond acceptors (Lipinski definition) is 6. The quantitative estimate of drug-likeness (QED) is 0.600. The summed E-state index contributed by atoms with van der Waals surface area (Å²) in [4.78, 5) is 34.0. The molecule has 0 unspecified atom stereocenters. The van der Waals surface area contributed by atoms with Gasteiger partial charge in [0.05, 0.1) is 10.8 Å². The molecule has 0 saturated carbocycles. The summed E-state index contributed by atoms with van der Waals surface area (Å²) in [5.74, 6) is -0.820. The van der Waals surface area contributed by atoms with E-state index in [0.29, 0.717) is 11.6 Å². The molecule has 1 amide bonds. The number of hydrogen-bond donors (Lipinski definition) is 1. The molecule has 0 aromatic carbocycles. The van der Waals surface area contributed by atoms with Crippen molar-refractivity contribution in [3.63, 3.8) is 0 Å². The summed E-state index contributed by atoms with van der Waals surface area (Å²) < 4.78 is 1.13. The smallest absolute Gasteiger partial charge is 0.327 e. The molecule has 9 nitrogen and oxygen atoms in total. The van der Waals surface area contributed by atoms with Crippen molar-refractivity contribution in [1.82, 2.24) is 14.7 Å². The summed E-state index contributed by atoms with van der Waals surface area (Å²) in [5.41, 5.74) is -0.210. The van der Waals surface area contributed by atoms with Gasteiger partial charge in [-0.15, -0.1) is 11.8 Å². The summed E-state index contributed by atoms with van der Waals surface area (Å²) in [5, 5.41) is 23.1. The van der Waals surface area contributed by atoms with Crippen LogP contribution in [0.1, 0.15) is 0 Å². The van der Waals surface area contributed by atoms with E-state index in [1.165, 1.54) is 16.7 Å². The highest BCUT2D eigenvalue weighted by molar-refractivity contribution is 7.99. The molecule has 2 heterocycles. The number of rotatable bonds is 4. The summed E-state index contributed by atoms with van der Waals surface area (Å²) in [6.07, 6.45) is 2.18. The molecule has 10 heteroatoms. The Hall–Kier alpha value is -2.10. The number of thioether (sulfide) groups is 1. The molecule has 0 radical (unpaired) electrons. The Labute approximate surface area is 111 Å². The number of amides is 1. The number of aliphatic carboxylic acids is 1. The normalized spacial score (nSPS) is 18.5. The third-order valence-corrected chi connectivity index (χ3v) is 3.63. The fourth-order valence-corrected chi connectivity index (χ4v) is 2.83.